The van der Waals surface area contributed by atoms with Crippen molar-refractivity contribution < 1.29 is 26.3 Å². The third-order valence-electron chi connectivity index (χ3n) is 9.15. The molecular formula is C29H31F3N6O3S2. The molecule has 1 aromatic carbocycles. The molecule has 4 saturated heterocycles. The van der Waals surface area contributed by atoms with E-state index in [1.54, 1.807) is 0 Å². The van der Waals surface area contributed by atoms with Crippen molar-refractivity contribution in [2.45, 2.75) is 60.9 Å². The molecule has 2 aromatic heterocycles. The number of nitrogens with zero attached hydrogens (tertiary/aromatic N) is 4. The third-order valence-corrected chi connectivity index (χ3v) is 12.2. The van der Waals surface area contributed by atoms with E-state index in [2.05, 4.69) is 31.6 Å². The molecule has 0 spiro atoms. The number of aromatic nitrogens is 2. The summed E-state index contributed by atoms with van der Waals surface area (Å²) in [6.07, 6.45) is -0.590. The fourth-order valence-corrected chi connectivity index (χ4v) is 9.60. The minimum atomic E-state index is -4.71. The van der Waals surface area contributed by atoms with Gasteiger partial charge in [-0.1, -0.05) is 0 Å². The summed E-state index contributed by atoms with van der Waals surface area (Å²) in [5, 5.41) is 6.75. The van der Waals surface area contributed by atoms with Gasteiger partial charge in [-0.3, -0.25) is 4.90 Å². The Balaban J connectivity index is 1.13. The molecule has 2 bridgehead atoms. The monoisotopic (exact) mass is 632 g/mol. The van der Waals surface area contributed by atoms with Crippen LogP contribution < -0.4 is 15.5 Å². The maximum Gasteiger partial charge on any atom is 0.420 e. The maximum absolute atomic E-state index is 14.2. The molecule has 5 fully saturated rings. The van der Waals surface area contributed by atoms with Gasteiger partial charge in [0, 0.05) is 60.7 Å². The second-order valence-electron chi connectivity index (χ2n) is 12.2. The predicted octanol–water partition coefficient (Wildman–Crippen LogP) is 4.38. The zero-order valence-electron chi connectivity index (χ0n) is 23.2. The minimum Gasteiger partial charge on any atom is -0.378 e. The molecule has 0 radical (unpaired) electrons. The normalized spacial score (nSPS) is 25.4. The topological polar surface area (TPSA) is 99.7 Å². The Morgan fingerprint density at radius 3 is 2.56 bits per heavy atom. The molecule has 2 unspecified atom stereocenters. The zero-order chi connectivity index (χ0) is 29.5. The molecule has 0 amide bonds. The predicted molar refractivity (Wildman–Crippen MR) is 157 cm³/mol. The molecule has 6 aliphatic rings. The SMILES string of the molecule is O=S1(=O)CCN(C2COC2)Cc2sc(-c3nc(Nc4ccc(N5CC6CC(C5)N6)cc4C4CC4)ncc3C(F)(F)F)cc21. The van der Waals surface area contributed by atoms with E-state index in [1.807, 2.05) is 17.0 Å². The second kappa shape index (κ2) is 10.1. The van der Waals surface area contributed by atoms with Crippen LogP contribution in [0, 0.1) is 0 Å². The number of hydrogen-bond acceptors (Lipinski definition) is 10. The number of ether oxygens (including phenoxy) is 1. The molecular weight excluding hydrogens is 601 g/mol. The summed E-state index contributed by atoms with van der Waals surface area (Å²) in [4.78, 5) is 13.6. The quantitative estimate of drug-likeness (QED) is 0.410. The van der Waals surface area contributed by atoms with Crippen molar-refractivity contribution in [3.8, 4) is 10.6 Å². The number of rotatable bonds is 6. The van der Waals surface area contributed by atoms with Crippen molar-refractivity contribution in [3.63, 3.8) is 0 Å². The highest BCUT2D eigenvalue weighted by atomic mass is 32.2. The number of alkyl halides is 3. The largest absolute Gasteiger partial charge is 0.420 e. The van der Waals surface area contributed by atoms with Crippen molar-refractivity contribution in [2.75, 3.05) is 48.8 Å². The van der Waals surface area contributed by atoms with Crippen molar-refractivity contribution in [1.29, 1.82) is 0 Å². The first kappa shape index (κ1) is 27.7. The Kier molecular flexibility index (Phi) is 6.53. The van der Waals surface area contributed by atoms with Crippen LogP contribution >= 0.6 is 11.3 Å². The first-order chi connectivity index (χ1) is 20.6. The van der Waals surface area contributed by atoms with E-state index < -0.39 is 21.6 Å². The van der Waals surface area contributed by atoms with Crippen LogP contribution in [-0.2, 0) is 27.3 Å². The van der Waals surface area contributed by atoms with Crippen LogP contribution in [0.4, 0.5) is 30.5 Å². The standard InChI is InChI=1S/C29H31F3N6O3S2/c30-29(31,32)22-10-33-28(35-23-4-3-19(8-21(23)16-1-2-16)38-11-17-7-18(12-38)34-17)36-27(22)24-9-26-25(42-24)13-37(20-14-41-15-20)5-6-43(26,39)40/h3-4,8-10,16-18,20,34H,1-2,5-7,11-15H2,(H,33,35,36). The molecule has 1 aliphatic carbocycles. The number of piperazine rings is 1. The van der Waals surface area contributed by atoms with Crippen molar-refractivity contribution in [1.82, 2.24) is 20.2 Å². The van der Waals surface area contributed by atoms with Gasteiger partial charge in [0.25, 0.3) is 0 Å². The summed E-state index contributed by atoms with van der Waals surface area (Å²) in [7, 11) is -3.67. The number of thiophene rings is 1. The highest BCUT2D eigenvalue weighted by Gasteiger charge is 2.39. The van der Waals surface area contributed by atoms with Crippen molar-refractivity contribution in [3.05, 3.63) is 46.5 Å². The van der Waals surface area contributed by atoms with Crippen LogP contribution in [0.1, 0.15) is 41.2 Å². The van der Waals surface area contributed by atoms with Gasteiger partial charge in [-0.15, -0.1) is 11.3 Å². The average Bonchev–Trinajstić information content (AvgIpc) is 3.70. The van der Waals surface area contributed by atoms with Crippen LogP contribution in [0.15, 0.2) is 35.4 Å². The first-order valence-corrected chi connectivity index (χ1v) is 17.1. The number of fused-ring (bicyclic) bond motifs is 3. The minimum absolute atomic E-state index is 0.0424. The van der Waals surface area contributed by atoms with Gasteiger partial charge in [0.1, 0.15) is 5.56 Å². The van der Waals surface area contributed by atoms with Crippen molar-refractivity contribution in [2.24, 2.45) is 0 Å². The number of nitrogens with one attached hydrogen (secondary N) is 2. The summed E-state index contributed by atoms with van der Waals surface area (Å²) in [6.45, 7) is 3.67. The molecule has 228 valence electrons. The van der Waals surface area contributed by atoms with E-state index >= 15 is 0 Å². The Labute approximate surface area is 251 Å². The van der Waals surface area contributed by atoms with Crippen LogP contribution in [-0.4, -0.2) is 80.0 Å². The molecule has 3 aromatic rings. The lowest BCUT2D eigenvalue weighted by Gasteiger charge is -2.49. The first-order valence-electron chi connectivity index (χ1n) is 14.6. The highest BCUT2D eigenvalue weighted by Crippen LogP contribution is 2.46. The van der Waals surface area contributed by atoms with Crippen LogP contribution in [0.25, 0.3) is 10.6 Å². The number of hydrogen-bond donors (Lipinski definition) is 2. The summed E-state index contributed by atoms with van der Waals surface area (Å²) < 4.78 is 74.2. The summed E-state index contributed by atoms with van der Waals surface area (Å²) in [5.41, 5.74) is 1.73. The zero-order valence-corrected chi connectivity index (χ0v) is 24.9. The van der Waals surface area contributed by atoms with E-state index in [9.17, 15) is 21.6 Å². The van der Waals surface area contributed by atoms with E-state index in [0.29, 0.717) is 49.2 Å². The number of anilines is 3. The number of piperidine rings is 1. The third kappa shape index (κ3) is 5.20. The molecule has 43 heavy (non-hydrogen) atoms. The van der Waals surface area contributed by atoms with Crippen LogP contribution in [0.5, 0.6) is 0 Å². The summed E-state index contributed by atoms with van der Waals surface area (Å²) in [6, 6.07) is 8.72. The molecule has 1 saturated carbocycles. The van der Waals surface area contributed by atoms with Gasteiger partial charge in [0.2, 0.25) is 5.95 Å². The smallest absolute Gasteiger partial charge is 0.378 e. The fourth-order valence-electron chi connectivity index (χ4n) is 6.53. The van der Waals surface area contributed by atoms with Crippen molar-refractivity contribution >= 4 is 38.5 Å². The maximum atomic E-state index is 14.2. The number of sulfone groups is 1. The van der Waals surface area contributed by atoms with Crippen LogP contribution in [0.3, 0.4) is 0 Å². The van der Waals surface area contributed by atoms with Gasteiger partial charge in [-0.2, -0.15) is 13.2 Å². The molecule has 14 heteroatoms. The molecule has 2 N–H and O–H groups in total. The van der Waals surface area contributed by atoms with E-state index in [1.165, 1.54) is 12.5 Å². The Hall–Kier alpha value is -2.78. The molecule has 2 atom stereocenters. The summed E-state index contributed by atoms with van der Waals surface area (Å²) >= 11 is 1.05. The second-order valence-corrected chi connectivity index (χ2v) is 15.4. The lowest BCUT2D eigenvalue weighted by Crippen LogP contribution is -2.67. The lowest BCUT2D eigenvalue weighted by molar-refractivity contribution is -0.137. The van der Waals surface area contributed by atoms with Gasteiger partial charge in [0.05, 0.1) is 40.5 Å². The molecule has 9 rings (SSSR count). The molecule has 9 nitrogen and oxygen atoms in total. The highest BCUT2D eigenvalue weighted by molar-refractivity contribution is 7.91. The number of halogens is 3. The fraction of sp³-hybridized carbons (Fsp3) is 0.517. The van der Waals surface area contributed by atoms with Crippen LogP contribution in [0.2, 0.25) is 0 Å². The number of benzene rings is 1. The molecule has 7 heterocycles. The lowest BCUT2D eigenvalue weighted by atomic mass is 9.90. The Morgan fingerprint density at radius 1 is 1.12 bits per heavy atom. The summed E-state index contributed by atoms with van der Waals surface area (Å²) in [5.74, 6) is 0.335. The molecule has 5 aliphatic heterocycles. The van der Waals surface area contributed by atoms with E-state index in [0.717, 1.165) is 60.4 Å². The van der Waals surface area contributed by atoms with Gasteiger partial charge in [0.15, 0.2) is 9.84 Å². The van der Waals surface area contributed by atoms with E-state index in [-0.39, 0.29) is 33.2 Å². The van der Waals surface area contributed by atoms with Gasteiger partial charge in [-0.25, -0.2) is 18.4 Å². The van der Waals surface area contributed by atoms with Gasteiger partial charge >= 0.3 is 6.18 Å². The van der Waals surface area contributed by atoms with Gasteiger partial charge < -0.3 is 20.3 Å². The van der Waals surface area contributed by atoms with Gasteiger partial charge in [-0.05, 0) is 55.0 Å². The Morgan fingerprint density at radius 2 is 1.88 bits per heavy atom. The Bertz CT molecular complexity index is 1670. The average molecular weight is 633 g/mol. The van der Waals surface area contributed by atoms with E-state index in [4.69, 9.17) is 4.74 Å².